The van der Waals surface area contributed by atoms with E-state index in [1.165, 1.54) is 5.56 Å². The zero-order chi connectivity index (χ0) is 13.7. The first-order valence-electron chi connectivity index (χ1n) is 6.30. The lowest BCUT2D eigenvalue weighted by atomic mass is 10.1. The highest BCUT2D eigenvalue weighted by Gasteiger charge is 1.99. The molecular weight excluding hydrogens is 236 g/mol. The largest absolute Gasteiger partial charge is 0.457 e. The van der Waals surface area contributed by atoms with E-state index in [9.17, 15) is 0 Å². The van der Waals surface area contributed by atoms with Gasteiger partial charge in [-0.1, -0.05) is 24.3 Å². The van der Waals surface area contributed by atoms with Crippen molar-refractivity contribution in [1.29, 1.82) is 5.41 Å². The van der Waals surface area contributed by atoms with E-state index >= 15 is 0 Å². The number of benzene rings is 2. The molecule has 0 amide bonds. The number of ether oxygens (including phenoxy) is 1. The van der Waals surface area contributed by atoms with E-state index in [0.717, 1.165) is 23.5 Å². The van der Waals surface area contributed by atoms with Crippen molar-refractivity contribution in [3.8, 4) is 11.5 Å². The lowest BCUT2D eigenvalue weighted by Gasteiger charge is -2.07. The van der Waals surface area contributed by atoms with Crippen LogP contribution in [-0.2, 0) is 6.42 Å². The lowest BCUT2D eigenvalue weighted by Crippen LogP contribution is -2.10. The second-order valence-corrected chi connectivity index (χ2v) is 4.59. The quantitative estimate of drug-likeness (QED) is 0.632. The highest BCUT2D eigenvalue weighted by molar-refractivity contribution is 5.77. The highest BCUT2D eigenvalue weighted by Crippen LogP contribution is 2.22. The van der Waals surface area contributed by atoms with Crippen LogP contribution in [0.1, 0.15) is 17.5 Å². The molecule has 0 spiro atoms. The van der Waals surface area contributed by atoms with Gasteiger partial charge in [-0.25, -0.2) is 0 Å². The number of rotatable bonds is 5. The number of nitrogens with two attached hydrogens (primary N) is 1. The van der Waals surface area contributed by atoms with Crippen LogP contribution in [-0.4, -0.2) is 5.84 Å². The summed E-state index contributed by atoms with van der Waals surface area (Å²) in [7, 11) is 0. The Morgan fingerprint density at radius 3 is 2.47 bits per heavy atom. The van der Waals surface area contributed by atoms with Crippen LogP contribution in [0.15, 0.2) is 48.5 Å². The van der Waals surface area contributed by atoms with Crippen LogP contribution in [0.25, 0.3) is 0 Å². The third-order valence-corrected chi connectivity index (χ3v) is 2.83. The molecule has 2 aromatic rings. The zero-order valence-corrected chi connectivity index (χ0v) is 11.0. The van der Waals surface area contributed by atoms with Crippen molar-refractivity contribution >= 4 is 5.84 Å². The van der Waals surface area contributed by atoms with Crippen LogP contribution in [0, 0.1) is 12.3 Å². The van der Waals surface area contributed by atoms with E-state index < -0.39 is 0 Å². The van der Waals surface area contributed by atoms with Gasteiger partial charge in [0.15, 0.2) is 0 Å². The maximum Gasteiger partial charge on any atom is 0.127 e. The number of hydrogen-bond acceptors (Lipinski definition) is 2. The lowest BCUT2D eigenvalue weighted by molar-refractivity contribution is 0.482. The monoisotopic (exact) mass is 254 g/mol. The van der Waals surface area contributed by atoms with Crippen LogP contribution < -0.4 is 10.5 Å². The van der Waals surface area contributed by atoms with Crippen LogP contribution in [0.3, 0.4) is 0 Å². The summed E-state index contributed by atoms with van der Waals surface area (Å²) in [5.74, 6) is 1.88. The number of amidine groups is 1. The third kappa shape index (κ3) is 4.14. The predicted molar refractivity (Wildman–Crippen MR) is 77.9 cm³/mol. The second kappa shape index (κ2) is 6.05. The first-order chi connectivity index (χ1) is 9.13. The molecule has 0 bridgehead atoms. The Morgan fingerprint density at radius 1 is 1.11 bits per heavy atom. The molecule has 0 radical (unpaired) electrons. The number of hydrogen-bond donors (Lipinski definition) is 2. The molecule has 0 unspecified atom stereocenters. The molecule has 0 fully saturated rings. The summed E-state index contributed by atoms with van der Waals surface area (Å²) >= 11 is 0. The fraction of sp³-hybridized carbons (Fsp3) is 0.188. The Hall–Kier alpha value is -2.29. The SMILES string of the molecule is Cc1cccc(Oc2ccc(CCC(=N)N)cc2)c1. The molecule has 3 nitrogen and oxygen atoms in total. The molecule has 3 heteroatoms. The fourth-order valence-electron chi connectivity index (χ4n) is 1.82. The van der Waals surface area contributed by atoms with Crippen LogP contribution in [0.5, 0.6) is 11.5 Å². The van der Waals surface area contributed by atoms with E-state index in [4.69, 9.17) is 15.9 Å². The van der Waals surface area contributed by atoms with Gasteiger partial charge in [-0.2, -0.15) is 0 Å². The molecule has 0 saturated carbocycles. The van der Waals surface area contributed by atoms with Crippen molar-refractivity contribution < 1.29 is 4.74 Å². The molecule has 0 aromatic heterocycles. The maximum absolute atomic E-state index is 7.21. The highest BCUT2D eigenvalue weighted by atomic mass is 16.5. The Kier molecular flexibility index (Phi) is 4.18. The van der Waals surface area contributed by atoms with Gasteiger partial charge in [-0.05, 0) is 48.7 Å². The minimum absolute atomic E-state index is 0.222. The average molecular weight is 254 g/mol. The molecule has 2 rings (SSSR count). The third-order valence-electron chi connectivity index (χ3n) is 2.83. The Bertz CT molecular complexity index is 561. The molecule has 19 heavy (non-hydrogen) atoms. The van der Waals surface area contributed by atoms with Crippen molar-refractivity contribution in [2.45, 2.75) is 19.8 Å². The first kappa shape index (κ1) is 13.1. The van der Waals surface area contributed by atoms with Crippen molar-refractivity contribution in [2.24, 2.45) is 5.73 Å². The predicted octanol–water partition coefficient (Wildman–Crippen LogP) is 3.66. The van der Waals surface area contributed by atoms with E-state index in [1.54, 1.807) is 0 Å². The Balaban J connectivity index is 2.00. The van der Waals surface area contributed by atoms with Crippen molar-refractivity contribution in [3.63, 3.8) is 0 Å². The number of aryl methyl sites for hydroxylation is 2. The molecular formula is C16H18N2O. The van der Waals surface area contributed by atoms with Gasteiger partial charge in [0.2, 0.25) is 0 Å². The average Bonchev–Trinajstić information content (AvgIpc) is 2.38. The van der Waals surface area contributed by atoms with Gasteiger partial charge in [0, 0.05) is 6.42 Å². The van der Waals surface area contributed by atoms with E-state index in [0.29, 0.717) is 6.42 Å². The van der Waals surface area contributed by atoms with Crippen molar-refractivity contribution in [2.75, 3.05) is 0 Å². The summed E-state index contributed by atoms with van der Waals surface area (Å²) in [5, 5.41) is 7.21. The van der Waals surface area contributed by atoms with Crippen molar-refractivity contribution in [3.05, 3.63) is 59.7 Å². The summed E-state index contributed by atoms with van der Waals surface area (Å²) in [6.07, 6.45) is 1.39. The standard InChI is InChI=1S/C16H18N2O/c1-12-3-2-4-15(11-12)19-14-8-5-13(6-9-14)7-10-16(17)18/h2-6,8-9,11H,7,10H2,1H3,(H3,17,18). The fourth-order valence-corrected chi connectivity index (χ4v) is 1.82. The van der Waals surface area contributed by atoms with E-state index in [2.05, 4.69) is 0 Å². The Morgan fingerprint density at radius 2 is 1.84 bits per heavy atom. The minimum Gasteiger partial charge on any atom is -0.457 e. The van der Waals surface area contributed by atoms with Gasteiger partial charge in [0.25, 0.3) is 0 Å². The molecule has 98 valence electrons. The molecule has 0 aliphatic carbocycles. The molecule has 0 aliphatic rings. The Labute approximate surface area is 113 Å². The molecule has 0 aliphatic heterocycles. The van der Waals surface area contributed by atoms with E-state index in [1.807, 2.05) is 55.5 Å². The normalized spacial score (nSPS) is 10.2. The van der Waals surface area contributed by atoms with Gasteiger partial charge >= 0.3 is 0 Å². The first-order valence-corrected chi connectivity index (χ1v) is 6.30. The minimum atomic E-state index is 0.222. The molecule has 0 atom stereocenters. The molecule has 2 aromatic carbocycles. The molecule has 0 heterocycles. The van der Waals surface area contributed by atoms with Gasteiger partial charge in [0.1, 0.15) is 11.5 Å². The topological polar surface area (TPSA) is 59.1 Å². The summed E-state index contributed by atoms with van der Waals surface area (Å²) < 4.78 is 5.77. The van der Waals surface area contributed by atoms with Gasteiger partial charge in [-0.15, -0.1) is 0 Å². The van der Waals surface area contributed by atoms with Crippen LogP contribution in [0.2, 0.25) is 0 Å². The molecule has 0 saturated heterocycles. The summed E-state index contributed by atoms with van der Waals surface area (Å²) in [5.41, 5.74) is 7.68. The second-order valence-electron chi connectivity index (χ2n) is 4.59. The number of nitrogens with one attached hydrogen (secondary N) is 1. The van der Waals surface area contributed by atoms with Gasteiger partial charge in [0.05, 0.1) is 5.84 Å². The van der Waals surface area contributed by atoms with Crippen LogP contribution >= 0.6 is 0 Å². The molecule has 3 N–H and O–H groups in total. The summed E-state index contributed by atoms with van der Waals surface area (Å²) in [6.45, 7) is 2.04. The zero-order valence-electron chi connectivity index (χ0n) is 11.0. The van der Waals surface area contributed by atoms with Crippen molar-refractivity contribution in [1.82, 2.24) is 0 Å². The maximum atomic E-state index is 7.21. The van der Waals surface area contributed by atoms with Gasteiger partial charge in [-0.3, -0.25) is 5.41 Å². The van der Waals surface area contributed by atoms with E-state index in [-0.39, 0.29) is 5.84 Å². The van der Waals surface area contributed by atoms with Gasteiger partial charge < -0.3 is 10.5 Å². The summed E-state index contributed by atoms with van der Waals surface area (Å²) in [4.78, 5) is 0. The van der Waals surface area contributed by atoms with Crippen LogP contribution in [0.4, 0.5) is 0 Å². The summed E-state index contributed by atoms with van der Waals surface area (Å²) in [6, 6.07) is 15.9. The smallest absolute Gasteiger partial charge is 0.127 e.